The van der Waals surface area contributed by atoms with E-state index in [4.69, 9.17) is 5.26 Å². The first kappa shape index (κ1) is 13.0. The van der Waals surface area contributed by atoms with E-state index in [9.17, 15) is 4.79 Å². The van der Waals surface area contributed by atoms with Crippen LogP contribution in [0.25, 0.3) is 6.08 Å². The Morgan fingerprint density at radius 3 is 2.41 bits per heavy atom. The number of allylic oxidation sites excluding steroid dienone is 1. The third-order valence-corrected chi connectivity index (χ3v) is 2.62. The first-order valence-electron chi connectivity index (χ1n) is 5.52. The molecule has 1 aromatic carbocycles. The Labute approximate surface area is 102 Å². The van der Waals surface area contributed by atoms with Crippen LogP contribution in [0.4, 0.5) is 5.69 Å². The van der Waals surface area contributed by atoms with Crippen molar-refractivity contribution in [2.75, 3.05) is 18.5 Å². The molecule has 0 saturated heterocycles. The predicted octanol–water partition coefficient (Wildman–Crippen LogP) is 2.64. The van der Waals surface area contributed by atoms with Crippen LogP contribution >= 0.6 is 0 Å². The summed E-state index contributed by atoms with van der Waals surface area (Å²) in [4.78, 5) is 13.2. The fourth-order valence-corrected chi connectivity index (χ4v) is 1.39. The third-order valence-electron chi connectivity index (χ3n) is 2.62. The topological polar surface area (TPSA) is 44.1 Å². The highest BCUT2D eigenvalue weighted by Crippen LogP contribution is 2.15. The molecule has 0 saturated carbocycles. The highest BCUT2D eigenvalue weighted by atomic mass is 16.1. The smallest absolute Gasteiger partial charge is 0.170 e. The van der Waals surface area contributed by atoms with Gasteiger partial charge in [-0.25, -0.2) is 0 Å². The van der Waals surface area contributed by atoms with Gasteiger partial charge in [0.2, 0.25) is 0 Å². The van der Waals surface area contributed by atoms with Crippen molar-refractivity contribution < 1.29 is 4.79 Å². The van der Waals surface area contributed by atoms with Crippen LogP contribution in [0.3, 0.4) is 0 Å². The zero-order chi connectivity index (χ0) is 12.8. The van der Waals surface area contributed by atoms with Crippen molar-refractivity contribution in [3.8, 4) is 6.07 Å². The van der Waals surface area contributed by atoms with E-state index in [1.807, 2.05) is 37.4 Å². The van der Waals surface area contributed by atoms with E-state index < -0.39 is 0 Å². The maximum absolute atomic E-state index is 11.1. The fourth-order valence-electron chi connectivity index (χ4n) is 1.39. The lowest BCUT2D eigenvalue weighted by molar-refractivity contribution is -0.113. The molecule has 0 spiro atoms. The molecular formula is C14H16N2O. The van der Waals surface area contributed by atoms with Crippen LogP contribution in [-0.2, 0) is 4.79 Å². The van der Waals surface area contributed by atoms with Gasteiger partial charge < -0.3 is 4.90 Å². The molecule has 0 aliphatic heterocycles. The lowest BCUT2D eigenvalue weighted by atomic mass is 10.1. The Kier molecular flexibility index (Phi) is 4.47. The van der Waals surface area contributed by atoms with Crippen molar-refractivity contribution in [3.63, 3.8) is 0 Å². The molecule has 0 unspecified atom stereocenters. The lowest BCUT2D eigenvalue weighted by Gasteiger charge is -2.16. The molecule has 1 aromatic rings. The summed E-state index contributed by atoms with van der Waals surface area (Å²) < 4.78 is 0. The molecule has 0 heterocycles. The number of anilines is 1. The number of ketones is 1. The predicted molar refractivity (Wildman–Crippen MR) is 69.7 cm³/mol. The zero-order valence-electron chi connectivity index (χ0n) is 10.4. The maximum Gasteiger partial charge on any atom is 0.170 e. The minimum absolute atomic E-state index is 0.182. The molecule has 1 rings (SSSR count). The van der Waals surface area contributed by atoms with Gasteiger partial charge in [-0.1, -0.05) is 12.1 Å². The van der Waals surface area contributed by atoms with Gasteiger partial charge in [0, 0.05) is 19.3 Å². The SMILES string of the molecule is CCN(C)c1ccc(/C=C(\C#N)C(C)=O)cc1. The van der Waals surface area contributed by atoms with Crippen molar-refractivity contribution in [2.45, 2.75) is 13.8 Å². The number of nitriles is 1. The molecule has 0 aliphatic carbocycles. The van der Waals surface area contributed by atoms with Crippen molar-refractivity contribution in [1.82, 2.24) is 0 Å². The molecule has 3 heteroatoms. The van der Waals surface area contributed by atoms with Crippen LogP contribution in [0.15, 0.2) is 29.8 Å². The summed E-state index contributed by atoms with van der Waals surface area (Å²) in [6.45, 7) is 4.41. The van der Waals surface area contributed by atoms with Crippen molar-refractivity contribution >= 4 is 17.5 Å². The highest BCUT2D eigenvalue weighted by Gasteiger charge is 2.02. The van der Waals surface area contributed by atoms with Crippen LogP contribution in [-0.4, -0.2) is 19.4 Å². The maximum atomic E-state index is 11.1. The van der Waals surface area contributed by atoms with Crippen LogP contribution in [0.1, 0.15) is 19.4 Å². The second kappa shape index (κ2) is 5.86. The number of carbonyl (C=O) groups excluding carboxylic acids is 1. The van der Waals surface area contributed by atoms with Gasteiger partial charge in [0.25, 0.3) is 0 Å². The summed E-state index contributed by atoms with van der Waals surface area (Å²) in [5.74, 6) is -0.206. The average Bonchev–Trinajstić information content (AvgIpc) is 2.35. The van der Waals surface area contributed by atoms with Gasteiger partial charge >= 0.3 is 0 Å². The van der Waals surface area contributed by atoms with Crippen molar-refractivity contribution in [1.29, 1.82) is 5.26 Å². The van der Waals surface area contributed by atoms with E-state index >= 15 is 0 Å². The quantitative estimate of drug-likeness (QED) is 0.587. The summed E-state index contributed by atoms with van der Waals surface area (Å²) in [7, 11) is 2.02. The third kappa shape index (κ3) is 3.46. The van der Waals surface area contributed by atoms with E-state index in [0.717, 1.165) is 17.8 Å². The molecule has 0 radical (unpaired) electrons. The molecule has 0 amide bonds. The van der Waals surface area contributed by atoms with Crippen LogP contribution in [0.2, 0.25) is 0 Å². The van der Waals surface area contributed by atoms with E-state index in [0.29, 0.717) is 0 Å². The fraction of sp³-hybridized carbons (Fsp3) is 0.286. The largest absolute Gasteiger partial charge is 0.375 e. The molecule has 88 valence electrons. The van der Waals surface area contributed by atoms with Gasteiger partial charge in [-0.15, -0.1) is 0 Å². The molecular weight excluding hydrogens is 212 g/mol. The van der Waals surface area contributed by atoms with Gasteiger partial charge in [-0.3, -0.25) is 4.79 Å². The molecule has 3 nitrogen and oxygen atoms in total. The molecule has 0 N–H and O–H groups in total. The van der Waals surface area contributed by atoms with E-state index in [1.165, 1.54) is 6.92 Å². The second-order valence-corrected chi connectivity index (χ2v) is 3.83. The molecule has 17 heavy (non-hydrogen) atoms. The Morgan fingerprint density at radius 2 is 2.00 bits per heavy atom. The lowest BCUT2D eigenvalue weighted by Crippen LogP contribution is -2.15. The summed E-state index contributed by atoms with van der Waals surface area (Å²) in [6.07, 6.45) is 1.61. The monoisotopic (exact) mass is 228 g/mol. The second-order valence-electron chi connectivity index (χ2n) is 3.83. The number of Topliss-reactive ketones (excluding diaryl/α,β-unsaturated/α-hetero) is 1. The average molecular weight is 228 g/mol. The van der Waals surface area contributed by atoms with Gasteiger partial charge in [0.05, 0.1) is 5.57 Å². The number of nitrogens with zero attached hydrogens (tertiary/aromatic N) is 2. The molecule has 0 aromatic heterocycles. The summed E-state index contributed by atoms with van der Waals surface area (Å²) in [5, 5.41) is 8.79. The van der Waals surface area contributed by atoms with Crippen LogP contribution < -0.4 is 4.90 Å². The molecule has 0 aliphatic rings. The van der Waals surface area contributed by atoms with E-state index in [-0.39, 0.29) is 11.4 Å². The standard InChI is InChI=1S/C14H16N2O/c1-4-16(3)14-7-5-12(6-8-14)9-13(10-15)11(2)17/h5-9H,4H2,1-3H3/b13-9+. The molecule has 0 atom stereocenters. The van der Waals surface area contributed by atoms with E-state index in [1.54, 1.807) is 6.08 Å². The van der Waals surface area contributed by atoms with Crippen LogP contribution in [0, 0.1) is 11.3 Å². The Bertz CT molecular complexity index is 466. The van der Waals surface area contributed by atoms with Crippen molar-refractivity contribution in [2.24, 2.45) is 0 Å². The number of benzene rings is 1. The number of hydrogen-bond donors (Lipinski definition) is 0. The first-order chi connectivity index (χ1) is 8.08. The Balaban J connectivity index is 2.96. The van der Waals surface area contributed by atoms with Crippen LogP contribution in [0.5, 0.6) is 0 Å². The van der Waals surface area contributed by atoms with Gasteiger partial charge in [-0.2, -0.15) is 5.26 Å². The minimum atomic E-state index is -0.206. The first-order valence-corrected chi connectivity index (χ1v) is 5.52. The highest BCUT2D eigenvalue weighted by molar-refractivity contribution is 6.01. The summed E-state index contributed by atoms with van der Waals surface area (Å²) in [5.41, 5.74) is 2.16. The van der Waals surface area contributed by atoms with Gasteiger partial charge in [-0.05, 0) is 37.6 Å². The molecule has 0 fully saturated rings. The number of hydrogen-bond acceptors (Lipinski definition) is 3. The zero-order valence-corrected chi connectivity index (χ0v) is 10.4. The van der Waals surface area contributed by atoms with Gasteiger partial charge in [0.15, 0.2) is 5.78 Å². The number of carbonyl (C=O) groups is 1. The minimum Gasteiger partial charge on any atom is -0.375 e. The molecule has 0 bridgehead atoms. The normalized spacial score (nSPS) is 10.8. The number of rotatable bonds is 4. The van der Waals surface area contributed by atoms with Crippen molar-refractivity contribution in [3.05, 3.63) is 35.4 Å². The van der Waals surface area contributed by atoms with Gasteiger partial charge in [0.1, 0.15) is 6.07 Å². The Hall–Kier alpha value is -2.08. The summed E-state index contributed by atoms with van der Waals surface area (Å²) >= 11 is 0. The Morgan fingerprint density at radius 1 is 1.41 bits per heavy atom. The van der Waals surface area contributed by atoms with E-state index in [2.05, 4.69) is 11.8 Å². The summed E-state index contributed by atoms with van der Waals surface area (Å²) in [6, 6.07) is 9.66.